The van der Waals surface area contributed by atoms with E-state index >= 15 is 0 Å². The fraction of sp³-hybridized carbons (Fsp3) is 0.875. The average Bonchev–Trinajstić information content (AvgIpc) is 2.59. The number of likely N-dealkylation sites (N-methyl/N-ethyl adjacent to an activating group) is 2. The Morgan fingerprint density at radius 3 is 1.09 bits per heavy atom. The predicted octanol–water partition coefficient (Wildman–Crippen LogP) is -11.3. The van der Waals surface area contributed by atoms with Gasteiger partial charge in [-0.15, -0.1) is 20.5 Å². The summed E-state index contributed by atoms with van der Waals surface area (Å²) in [6.07, 6.45) is 1.98. The Morgan fingerprint density at radius 2 is 0.857 bits per heavy atom. The number of halogens is 2. The topological polar surface area (TPSA) is 284 Å². The second-order valence-corrected chi connectivity index (χ2v) is 9.07. The molecule has 16 nitrogen and oxygen atoms in total. The number of hydrogen-bond acceptors (Lipinski definition) is 14. The number of carbonyl (C=O) groups is 2. The molecule has 19 heteroatoms. The van der Waals surface area contributed by atoms with Crippen molar-refractivity contribution in [2.24, 2.45) is 11.5 Å². The van der Waals surface area contributed by atoms with Crippen LogP contribution in [0.4, 0.5) is 0 Å². The van der Waals surface area contributed by atoms with E-state index < -0.39 is 20.5 Å². The standard InChI is InChI=1S/C16H34N6O2.2ClHO4.Cu/c1-19-5-3-7-22(14-16(18)24)12-10-20(2)6-4-8-21(11-9-19)13-15(17)23;2*2-1(3,4)5;/h3-14H2,1-2H3,(H2,17,23)(H2,18,24);2*(H,2,3,4,5);/q;;;+2/p-2. The molecule has 0 spiro atoms. The Morgan fingerprint density at radius 1 is 0.600 bits per heavy atom. The zero-order chi connectivity index (χ0) is 26.9. The first kappa shape index (κ1) is 39.1. The number of nitrogens with two attached hydrogens (primary N) is 2. The van der Waals surface area contributed by atoms with Gasteiger partial charge in [-0.2, -0.15) is 0 Å². The molecule has 2 amide bonds. The molecule has 4 N–H and O–H groups in total. The van der Waals surface area contributed by atoms with E-state index in [0.717, 1.165) is 65.2 Å². The van der Waals surface area contributed by atoms with Gasteiger partial charge in [0, 0.05) is 26.2 Å². The number of primary amides is 2. The van der Waals surface area contributed by atoms with E-state index in [1.807, 2.05) is 0 Å². The largest absolute Gasteiger partial charge is 2.00 e. The molecule has 0 bridgehead atoms. The van der Waals surface area contributed by atoms with Gasteiger partial charge in [0.05, 0.1) is 13.1 Å². The first-order chi connectivity index (χ1) is 15.4. The van der Waals surface area contributed by atoms with E-state index in [1.54, 1.807) is 0 Å². The van der Waals surface area contributed by atoms with Crippen LogP contribution in [0.3, 0.4) is 0 Å². The molecule has 1 aliphatic heterocycles. The molecule has 1 aliphatic rings. The van der Waals surface area contributed by atoms with Crippen LogP contribution in [0.5, 0.6) is 0 Å². The number of carbonyl (C=O) groups excluding carboxylic acids is 2. The summed E-state index contributed by atoms with van der Waals surface area (Å²) in [6.45, 7) is 7.78. The Bertz CT molecular complexity index is 514. The summed E-state index contributed by atoms with van der Waals surface area (Å²) < 4.78 is 67.9. The number of nitrogens with zero attached hydrogens (tertiary/aromatic N) is 4. The Hall–Kier alpha value is -0.441. The Kier molecular flexibility index (Phi) is 23.0. The van der Waals surface area contributed by atoms with Gasteiger partial charge in [0.2, 0.25) is 11.8 Å². The van der Waals surface area contributed by atoms with Crippen molar-refractivity contribution in [1.29, 1.82) is 0 Å². The summed E-state index contributed by atoms with van der Waals surface area (Å²) >= 11 is 0. The Balaban J connectivity index is -0.000000784. The Labute approximate surface area is 219 Å². The molecule has 0 aromatic heterocycles. The van der Waals surface area contributed by atoms with Crippen LogP contribution >= 0.6 is 0 Å². The summed E-state index contributed by atoms with van der Waals surface area (Å²) in [6, 6.07) is 0. The smallest absolute Gasteiger partial charge is 0.369 e. The molecule has 0 aromatic carbocycles. The first-order valence-electron chi connectivity index (χ1n) is 9.98. The van der Waals surface area contributed by atoms with Gasteiger partial charge in [-0.25, -0.2) is 37.3 Å². The van der Waals surface area contributed by atoms with Crippen LogP contribution in [0.25, 0.3) is 0 Å². The summed E-state index contributed by atoms with van der Waals surface area (Å²) in [5.74, 6) is -0.538. The van der Waals surface area contributed by atoms with E-state index in [4.69, 9.17) is 48.7 Å². The number of amides is 2. The minimum Gasteiger partial charge on any atom is -0.369 e. The molecule has 0 aromatic rings. The van der Waals surface area contributed by atoms with E-state index in [9.17, 15) is 9.59 Å². The molecule has 1 fully saturated rings. The minimum absolute atomic E-state index is 0. The summed E-state index contributed by atoms with van der Waals surface area (Å²) in [7, 11) is -5.72. The SMILES string of the molecule is CN1CCCN(CC(N)=O)CCN(C)CCCN(CC(N)=O)CC1.[Cu+2].[O-][Cl+3]([O-])([O-])[O-].[O-][Cl+3]([O-])([O-])[O-]. The second-order valence-electron chi connectivity index (χ2n) is 7.55. The van der Waals surface area contributed by atoms with Gasteiger partial charge in [-0.3, -0.25) is 19.4 Å². The monoisotopic (exact) mass is 603 g/mol. The van der Waals surface area contributed by atoms with Gasteiger partial charge >= 0.3 is 17.1 Å². The van der Waals surface area contributed by atoms with E-state index in [2.05, 4.69) is 33.7 Å². The summed E-state index contributed by atoms with van der Waals surface area (Å²) in [5.41, 5.74) is 10.7. The first-order valence-corrected chi connectivity index (χ1v) is 12.5. The molecule has 0 aliphatic carbocycles. The van der Waals surface area contributed by atoms with Gasteiger partial charge in [0.25, 0.3) is 0 Å². The molecular weight excluding hydrogens is 571 g/mol. The van der Waals surface area contributed by atoms with E-state index in [1.165, 1.54) is 0 Å². The quantitative estimate of drug-likeness (QED) is 0.282. The maximum Gasteiger partial charge on any atom is 2.00 e. The van der Waals surface area contributed by atoms with Crippen LogP contribution in [0.2, 0.25) is 0 Å². The molecule has 0 unspecified atom stereocenters. The predicted molar refractivity (Wildman–Crippen MR) is 95.5 cm³/mol. The van der Waals surface area contributed by atoms with E-state index in [-0.39, 0.29) is 28.9 Å². The molecule has 1 radical (unpaired) electrons. The third-order valence-electron chi connectivity index (χ3n) is 4.38. The van der Waals surface area contributed by atoms with Crippen molar-refractivity contribution in [1.82, 2.24) is 19.6 Å². The fourth-order valence-corrected chi connectivity index (χ4v) is 2.96. The van der Waals surface area contributed by atoms with Gasteiger partial charge in [0.1, 0.15) is 0 Å². The van der Waals surface area contributed by atoms with Gasteiger partial charge < -0.3 is 21.3 Å². The van der Waals surface area contributed by atoms with Crippen molar-refractivity contribution >= 4 is 11.8 Å². The van der Waals surface area contributed by atoms with Gasteiger partial charge in [-0.1, -0.05) is 0 Å². The average molecular weight is 605 g/mol. The molecule has 35 heavy (non-hydrogen) atoms. The molecule has 213 valence electrons. The van der Waals surface area contributed by atoms with Crippen molar-refractivity contribution < 1.29 is 84.4 Å². The van der Waals surface area contributed by atoms with Crippen LogP contribution in [0.1, 0.15) is 12.8 Å². The zero-order valence-corrected chi connectivity index (χ0v) is 22.0. The van der Waals surface area contributed by atoms with Crippen molar-refractivity contribution in [2.75, 3.05) is 79.5 Å². The summed E-state index contributed by atoms with van der Waals surface area (Å²) in [4.78, 5) is 31.2. The molecule has 1 heterocycles. The maximum absolute atomic E-state index is 11.2. The van der Waals surface area contributed by atoms with Crippen molar-refractivity contribution in [3.05, 3.63) is 0 Å². The van der Waals surface area contributed by atoms with Crippen LogP contribution in [-0.4, -0.2) is 111 Å². The summed E-state index contributed by atoms with van der Waals surface area (Å²) in [5, 5.41) is 0. The molecule has 0 saturated carbocycles. The molecular formula is C16H34Cl2CuN6O10. The van der Waals surface area contributed by atoms with Crippen LogP contribution < -0.4 is 48.7 Å². The van der Waals surface area contributed by atoms with Crippen LogP contribution in [-0.2, 0) is 26.7 Å². The van der Waals surface area contributed by atoms with Crippen LogP contribution in [0.15, 0.2) is 0 Å². The van der Waals surface area contributed by atoms with Crippen LogP contribution in [0, 0.1) is 20.5 Å². The molecule has 1 rings (SSSR count). The second kappa shape index (κ2) is 20.6. The van der Waals surface area contributed by atoms with Gasteiger partial charge in [0.15, 0.2) is 0 Å². The minimum atomic E-state index is -4.94. The number of hydrogen-bond donors (Lipinski definition) is 2. The third kappa shape index (κ3) is 38.3. The fourth-order valence-electron chi connectivity index (χ4n) is 2.96. The van der Waals surface area contributed by atoms with Crippen molar-refractivity contribution in [3.8, 4) is 0 Å². The number of rotatable bonds is 4. The van der Waals surface area contributed by atoms with Gasteiger partial charge in [-0.05, 0) is 53.1 Å². The maximum atomic E-state index is 11.2. The van der Waals surface area contributed by atoms with Crippen molar-refractivity contribution in [3.63, 3.8) is 0 Å². The van der Waals surface area contributed by atoms with E-state index in [0.29, 0.717) is 13.1 Å². The normalized spacial score (nSPS) is 18.6. The third-order valence-corrected chi connectivity index (χ3v) is 4.38. The molecule has 1 saturated heterocycles. The zero-order valence-electron chi connectivity index (χ0n) is 19.6. The molecule has 0 atom stereocenters. The van der Waals surface area contributed by atoms with Crippen molar-refractivity contribution in [2.45, 2.75) is 12.8 Å².